The fraction of sp³-hybridized carbons (Fsp3) is 0.667. The minimum atomic E-state index is -0.183. The van der Waals surface area contributed by atoms with Crippen LogP contribution in [0.3, 0.4) is 0 Å². The van der Waals surface area contributed by atoms with E-state index in [0.29, 0.717) is 6.26 Å². The van der Waals surface area contributed by atoms with E-state index in [1.165, 1.54) is 6.42 Å². The van der Waals surface area contributed by atoms with Crippen LogP contribution < -0.4 is 0 Å². The molecule has 1 fully saturated rings. The molecule has 0 unspecified atom stereocenters. The first-order chi connectivity index (χ1) is 6.29. The van der Waals surface area contributed by atoms with Crippen molar-refractivity contribution in [3.05, 3.63) is 12.0 Å². The van der Waals surface area contributed by atoms with Gasteiger partial charge in [0.2, 0.25) is 0 Å². The maximum atomic E-state index is 11.5. The highest BCUT2D eigenvalue weighted by atomic mass is 16.2. The third kappa shape index (κ3) is 2.37. The SMILES string of the molecule is N=N/C(=C/O)C(=O)C1CCCCC1. The Morgan fingerprint density at radius 3 is 2.46 bits per heavy atom. The van der Waals surface area contributed by atoms with Gasteiger partial charge in [-0.1, -0.05) is 19.3 Å². The van der Waals surface area contributed by atoms with Gasteiger partial charge in [0.15, 0.2) is 11.5 Å². The van der Waals surface area contributed by atoms with E-state index in [2.05, 4.69) is 5.11 Å². The molecular formula is C9H14N2O2. The molecule has 0 aromatic rings. The van der Waals surface area contributed by atoms with Gasteiger partial charge >= 0.3 is 0 Å². The predicted molar refractivity (Wildman–Crippen MR) is 47.4 cm³/mol. The van der Waals surface area contributed by atoms with Crippen LogP contribution in [0.25, 0.3) is 0 Å². The molecule has 1 rings (SSSR count). The first-order valence-electron chi connectivity index (χ1n) is 4.55. The van der Waals surface area contributed by atoms with Gasteiger partial charge in [0.25, 0.3) is 0 Å². The monoisotopic (exact) mass is 182 g/mol. The van der Waals surface area contributed by atoms with Crippen LogP contribution in [0.5, 0.6) is 0 Å². The van der Waals surface area contributed by atoms with Gasteiger partial charge in [-0.15, -0.1) is 0 Å². The van der Waals surface area contributed by atoms with Crippen LogP contribution in [-0.2, 0) is 4.79 Å². The number of carbonyl (C=O) groups excluding carboxylic acids is 1. The second kappa shape index (κ2) is 4.74. The lowest BCUT2D eigenvalue weighted by molar-refractivity contribution is -0.120. The summed E-state index contributed by atoms with van der Waals surface area (Å²) in [5.41, 5.74) is 6.57. The molecule has 0 aliphatic heterocycles. The van der Waals surface area contributed by atoms with E-state index in [9.17, 15) is 4.79 Å². The van der Waals surface area contributed by atoms with Gasteiger partial charge in [0, 0.05) is 5.92 Å². The molecule has 0 atom stereocenters. The molecule has 0 spiro atoms. The predicted octanol–water partition coefficient (Wildman–Crippen LogP) is 2.57. The number of hydrogen-bond acceptors (Lipinski definition) is 4. The highest BCUT2D eigenvalue weighted by Gasteiger charge is 2.24. The highest BCUT2D eigenvalue weighted by Crippen LogP contribution is 2.26. The van der Waals surface area contributed by atoms with Crippen LogP contribution in [0.1, 0.15) is 32.1 Å². The van der Waals surface area contributed by atoms with Crippen molar-refractivity contribution in [1.82, 2.24) is 0 Å². The Balaban J connectivity index is 2.59. The van der Waals surface area contributed by atoms with Crippen LogP contribution in [0, 0.1) is 11.4 Å². The van der Waals surface area contributed by atoms with Gasteiger partial charge in [-0.3, -0.25) is 4.79 Å². The van der Waals surface area contributed by atoms with Gasteiger partial charge < -0.3 is 5.11 Å². The molecule has 1 aliphatic carbocycles. The molecule has 4 heteroatoms. The Kier molecular flexibility index (Phi) is 3.61. The third-order valence-electron chi connectivity index (χ3n) is 2.47. The summed E-state index contributed by atoms with van der Waals surface area (Å²) in [6.45, 7) is 0. The van der Waals surface area contributed by atoms with E-state index >= 15 is 0 Å². The van der Waals surface area contributed by atoms with Crippen LogP contribution >= 0.6 is 0 Å². The first kappa shape index (κ1) is 9.89. The number of carbonyl (C=O) groups is 1. The number of nitrogens with one attached hydrogen (secondary N) is 1. The smallest absolute Gasteiger partial charge is 0.189 e. The molecule has 0 aromatic heterocycles. The molecule has 13 heavy (non-hydrogen) atoms. The Morgan fingerprint density at radius 1 is 1.38 bits per heavy atom. The minimum absolute atomic E-state index is 0.0266. The summed E-state index contributed by atoms with van der Waals surface area (Å²) < 4.78 is 0. The van der Waals surface area contributed by atoms with Crippen molar-refractivity contribution in [2.24, 2.45) is 11.0 Å². The van der Waals surface area contributed by atoms with Gasteiger partial charge in [-0.2, -0.15) is 5.11 Å². The Morgan fingerprint density at radius 2 is 2.00 bits per heavy atom. The number of rotatable bonds is 3. The molecule has 0 radical (unpaired) electrons. The zero-order valence-electron chi connectivity index (χ0n) is 7.49. The standard InChI is InChI=1S/C9H14N2O2/c10-11-8(6-12)9(13)7-4-2-1-3-5-7/h6-7,10,12H,1-5H2/b8-6+,11-10?. The van der Waals surface area contributed by atoms with Gasteiger partial charge in [0.1, 0.15) is 6.26 Å². The molecule has 0 aromatic carbocycles. The molecule has 1 aliphatic rings. The topological polar surface area (TPSA) is 73.5 Å². The Labute approximate surface area is 77.2 Å². The molecule has 0 bridgehead atoms. The third-order valence-corrected chi connectivity index (χ3v) is 2.47. The van der Waals surface area contributed by atoms with Crippen molar-refractivity contribution in [1.29, 1.82) is 5.53 Å². The summed E-state index contributed by atoms with van der Waals surface area (Å²) in [7, 11) is 0. The Hall–Kier alpha value is -1.19. The number of aliphatic hydroxyl groups excluding tert-OH is 1. The number of allylic oxidation sites excluding steroid dienone is 1. The van der Waals surface area contributed by atoms with Crippen molar-refractivity contribution in [2.45, 2.75) is 32.1 Å². The lowest BCUT2D eigenvalue weighted by Crippen LogP contribution is -2.18. The van der Waals surface area contributed by atoms with E-state index in [4.69, 9.17) is 10.6 Å². The quantitative estimate of drug-likeness (QED) is 0.400. The number of hydrogen-bond donors (Lipinski definition) is 2. The molecule has 0 amide bonds. The van der Waals surface area contributed by atoms with Crippen molar-refractivity contribution in [3.8, 4) is 0 Å². The molecule has 1 saturated carbocycles. The Bertz CT molecular complexity index is 230. The summed E-state index contributed by atoms with van der Waals surface area (Å²) in [5.74, 6) is -0.210. The lowest BCUT2D eigenvalue weighted by atomic mass is 9.85. The highest BCUT2D eigenvalue weighted by molar-refractivity contribution is 5.96. The van der Waals surface area contributed by atoms with Crippen LogP contribution in [0.2, 0.25) is 0 Å². The number of nitrogens with zero attached hydrogens (tertiary/aromatic N) is 1. The zero-order valence-corrected chi connectivity index (χ0v) is 7.49. The lowest BCUT2D eigenvalue weighted by Gasteiger charge is -2.19. The number of Topliss-reactive ketones (excluding diaryl/α,β-unsaturated/α-hetero) is 1. The summed E-state index contributed by atoms with van der Waals surface area (Å²) in [5, 5.41) is 11.6. The van der Waals surface area contributed by atoms with E-state index in [-0.39, 0.29) is 17.4 Å². The summed E-state index contributed by atoms with van der Waals surface area (Å²) in [4.78, 5) is 11.5. The molecule has 2 N–H and O–H groups in total. The van der Waals surface area contributed by atoms with Crippen LogP contribution in [0.15, 0.2) is 17.1 Å². The van der Waals surface area contributed by atoms with E-state index in [1.807, 2.05) is 0 Å². The molecule has 0 heterocycles. The second-order valence-corrected chi connectivity index (χ2v) is 3.33. The second-order valence-electron chi connectivity index (χ2n) is 3.33. The van der Waals surface area contributed by atoms with Gasteiger partial charge in [0.05, 0.1) is 0 Å². The largest absolute Gasteiger partial charge is 0.513 e. The first-order valence-corrected chi connectivity index (χ1v) is 4.55. The van der Waals surface area contributed by atoms with Gasteiger partial charge in [-0.25, -0.2) is 5.53 Å². The van der Waals surface area contributed by atoms with E-state index in [0.717, 1.165) is 25.7 Å². The van der Waals surface area contributed by atoms with E-state index < -0.39 is 0 Å². The number of ketones is 1. The molecule has 4 nitrogen and oxygen atoms in total. The van der Waals surface area contributed by atoms with E-state index in [1.54, 1.807) is 0 Å². The van der Waals surface area contributed by atoms with Crippen molar-refractivity contribution < 1.29 is 9.90 Å². The fourth-order valence-electron chi connectivity index (χ4n) is 1.72. The zero-order chi connectivity index (χ0) is 9.68. The summed E-state index contributed by atoms with van der Waals surface area (Å²) >= 11 is 0. The van der Waals surface area contributed by atoms with Gasteiger partial charge in [-0.05, 0) is 12.8 Å². The molecule has 0 saturated heterocycles. The van der Waals surface area contributed by atoms with Crippen molar-refractivity contribution in [3.63, 3.8) is 0 Å². The van der Waals surface area contributed by atoms with Crippen molar-refractivity contribution >= 4 is 5.78 Å². The fourth-order valence-corrected chi connectivity index (χ4v) is 1.72. The van der Waals surface area contributed by atoms with Crippen LogP contribution in [0.4, 0.5) is 0 Å². The molecule has 72 valence electrons. The average Bonchev–Trinajstić information content (AvgIpc) is 2.21. The molecular weight excluding hydrogens is 168 g/mol. The minimum Gasteiger partial charge on any atom is -0.513 e. The van der Waals surface area contributed by atoms with Crippen molar-refractivity contribution in [2.75, 3.05) is 0 Å². The normalized spacial score (nSPS) is 19.8. The maximum Gasteiger partial charge on any atom is 0.189 e. The number of aliphatic hydroxyl groups is 1. The van der Waals surface area contributed by atoms with Crippen LogP contribution in [-0.4, -0.2) is 10.9 Å². The average molecular weight is 182 g/mol. The summed E-state index contributed by atoms with van der Waals surface area (Å²) in [6, 6.07) is 0. The maximum absolute atomic E-state index is 11.5. The summed E-state index contributed by atoms with van der Waals surface area (Å²) in [6.07, 6.45) is 5.67.